The van der Waals surface area contributed by atoms with Crippen LogP contribution in [0, 0.1) is 0 Å². The number of carbonyl (C=O) groups is 2. The molecule has 0 unspecified atom stereocenters. The smallest absolute Gasteiger partial charge is 0.490 e. The number of ether oxygens (including phenoxy) is 1. The van der Waals surface area contributed by atoms with E-state index < -0.39 is 12.1 Å². The van der Waals surface area contributed by atoms with E-state index in [1.165, 1.54) is 0 Å². The molecular formula is C23H19F3N4O4. The van der Waals surface area contributed by atoms with Crippen molar-refractivity contribution in [1.82, 2.24) is 19.9 Å². The molecule has 3 heterocycles. The van der Waals surface area contributed by atoms with E-state index >= 15 is 0 Å². The van der Waals surface area contributed by atoms with Crippen molar-refractivity contribution in [3.63, 3.8) is 0 Å². The number of alkyl halides is 3. The Morgan fingerprint density at radius 1 is 1.09 bits per heavy atom. The molecule has 0 aliphatic carbocycles. The first-order valence-electron chi connectivity index (χ1n) is 9.79. The molecule has 34 heavy (non-hydrogen) atoms. The summed E-state index contributed by atoms with van der Waals surface area (Å²) in [6.45, 7) is 0.404. The van der Waals surface area contributed by atoms with Gasteiger partial charge in [0.25, 0.3) is 5.91 Å². The number of nitrogens with one attached hydrogen (secondary N) is 1. The molecule has 3 aromatic heterocycles. The molecule has 11 heteroatoms. The minimum absolute atomic E-state index is 0.220. The van der Waals surface area contributed by atoms with Crippen molar-refractivity contribution in [1.29, 1.82) is 0 Å². The van der Waals surface area contributed by atoms with Crippen molar-refractivity contribution < 1.29 is 32.6 Å². The van der Waals surface area contributed by atoms with Gasteiger partial charge in [0.1, 0.15) is 5.75 Å². The number of carboxylic acids is 1. The van der Waals surface area contributed by atoms with Crippen LogP contribution in [0.25, 0.3) is 16.6 Å². The maximum atomic E-state index is 12.6. The summed E-state index contributed by atoms with van der Waals surface area (Å²) in [7, 11) is 1.62. The first kappa shape index (κ1) is 24.2. The van der Waals surface area contributed by atoms with Gasteiger partial charge in [-0.05, 0) is 47.5 Å². The van der Waals surface area contributed by atoms with Crippen molar-refractivity contribution >= 4 is 17.4 Å². The maximum Gasteiger partial charge on any atom is 0.490 e. The van der Waals surface area contributed by atoms with Crippen LogP contribution in [0.5, 0.6) is 5.75 Å². The van der Waals surface area contributed by atoms with Crippen LogP contribution in [0.3, 0.4) is 0 Å². The molecule has 1 amide bonds. The molecule has 176 valence electrons. The van der Waals surface area contributed by atoms with Crippen LogP contribution >= 0.6 is 0 Å². The molecule has 4 rings (SSSR count). The number of carboxylic acid groups (broad SMARTS) is 1. The Labute approximate surface area is 191 Å². The highest BCUT2D eigenvalue weighted by Gasteiger charge is 2.38. The number of hydrogen-bond acceptors (Lipinski definition) is 5. The lowest BCUT2D eigenvalue weighted by atomic mass is 10.1. The summed E-state index contributed by atoms with van der Waals surface area (Å²) in [6.07, 6.45) is 0.243. The molecule has 0 aliphatic rings. The number of fused-ring (bicyclic) bond motifs is 1. The molecule has 0 aliphatic heterocycles. The molecule has 0 spiro atoms. The van der Waals surface area contributed by atoms with Gasteiger partial charge in [-0.25, -0.2) is 9.31 Å². The zero-order chi connectivity index (χ0) is 24.7. The van der Waals surface area contributed by atoms with E-state index in [1.807, 2.05) is 54.7 Å². The van der Waals surface area contributed by atoms with Crippen molar-refractivity contribution in [2.45, 2.75) is 12.7 Å². The van der Waals surface area contributed by atoms with Crippen molar-refractivity contribution in [2.24, 2.45) is 0 Å². The van der Waals surface area contributed by atoms with Gasteiger partial charge in [0.2, 0.25) is 0 Å². The van der Waals surface area contributed by atoms with Gasteiger partial charge in [-0.15, -0.1) is 0 Å². The number of pyridine rings is 2. The summed E-state index contributed by atoms with van der Waals surface area (Å²) in [5.74, 6) is -2.22. The number of rotatable bonds is 5. The Hall–Kier alpha value is -4.41. The molecule has 0 fully saturated rings. The van der Waals surface area contributed by atoms with Crippen LogP contribution in [0.15, 0.2) is 73.2 Å². The van der Waals surface area contributed by atoms with Crippen molar-refractivity contribution in [3.8, 4) is 16.9 Å². The van der Waals surface area contributed by atoms with Gasteiger partial charge < -0.3 is 15.2 Å². The normalized spacial score (nSPS) is 10.8. The largest absolute Gasteiger partial charge is 0.497 e. The second-order valence-corrected chi connectivity index (χ2v) is 6.85. The third-order valence-electron chi connectivity index (χ3n) is 4.56. The van der Waals surface area contributed by atoms with Crippen molar-refractivity contribution in [2.75, 3.05) is 7.11 Å². The number of aliphatic carboxylic acids is 1. The number of nitrogens with zero attached hydrogens (tertiary/aromatic N) is 3. The number of benzene rings is 1. The molecule has 0 bridgehead atoms. The minimum Gasteiger partial charge on any atom is -0.497 e. The number of halogens is 3. The fourth-order valence-electron chi connectivity index (χ4n) is 2.96. The first-order chi connectivity index (χ1) is 16.2. The summed E-state index contributed by atoms with van der Waals surface area (Å²) in [4.78, 5) is 25.5. The van der Waals surface area contributed by atoms with Gasteiger partial charge >= 0.3 is 12.1 Å². The van der Waals surface area contributed by atoms with Crippen LogP contribution in [-0.2, 0) is 11.3 Å². The lowest BCUT2D eigenvalue weighted by Crippen LogP contribution is -2.23. The summed E-state index contributed by atoms with van der Waals surface area (Å²) >= 11 is 0. The quantitative estimate of drug-likeness (QED) is 0.455. The Kier molecular flexibility index (Phi) is 7.46. The van der Waals surface area contributed by atoms with Gasteiger partial charge in [0.05, 0.1) is 12.6 Å². The number of carbonyl (C=O) groups excluding carboxylic acids is 1. The van der Waals surface area contributed by atoms with Gasteiger partial charge in [0, 0.05) is 30.7 Å². The zero-order valence-electron chi connectivity index (χ0n) is 17.8. The van der Waals surface area contributed by atoms with Gasteiger partial charge in [-0.3, -0.25) is 9.78 Å². The highest BCUT2D eigenvalue weighted by molar-refractivity contribution is 5.95. The van der Waals surface area contributed by atoms with E-state index in [4.69, 9.17) is 14.6 Å². The predicted molar refractivity (Wildman–Crippen MR) is 116 cm³/mol. The fourth-order valence-corrected chi connectivity index (χ4v) is 2.96. The van der Waals surface area contributed by atoms with Crippen LogP contribution in [0.1, 0.15) is 16.1 Å². The van der Waals surface area contributed by atoms with Gasteiger partial charge in [0.15, 0.2) is 5.69 Å². The van der Waals surface area contributed by atoms with Crippen LogP contribution in [-0.4, -0.2) is 44.9 Å². The monoisotopic (exact) mass is 472 g/mol. The molecular weight excluding hydrogens is 453 g/mol. The second-order valence-electron chi connectivity index (χ2n) is 6.85. The molecule has 1 aromatic carbocycles. The summed E-state index contributed by atoms with van der Waals surface area (Å²) in [6, 6.07) is 17.2. The third-order valence-corrected chi connectivity index (χ3v) is 4.56. The Morgan fingerprint density at radius 3 is 2.44 bits per heavy atom. The van der Waals surface area contributed by atoms with Crippen LogP contribution in [0.2, 0.25) is 0 Å². The predicted octanol–water partition coefficient (Wildman–Crippen LogP) is 3.97. The molecule has 0 saturated carbocycles. The summed E-state index contributed by atoms with van der Waals surface area (Å²) < 4.78 is 38.7. The lowest BCUT2D eigenvalue weighted by molar-refractivity contribution is -0.192. The standard InChI is InChI=1S/C21H18N4O2.C2HF3O2/c1-27-17-5-2-4-15(12-17)14-23-21(26)19-13-20-18(6-3-11-25(20)24-19)16-7-9-22-10-8-16;3-2(4,5)1(6)7/h2-13H,14H2,1H3,(H,23,26);(H,6,7). The minimum atomic E-state index is -5.08. The van der Waals surface area contributed by atoms with Crippen LogP contribution in [0.4, 0.5) is 13.2 Å². The number of methoxy groups -OCH3 is 1. The molecule has 2 N–H and O–H groups in total. The van der Waals surface area contributed by atoms with E-state index in [1.54, 1.807) is 30.1 Å². The maximum absolute atomic E-state index is 12.6. The molecule has 0 saturated heterocycles. The average molecular weight is 472 g/mol. The SMILES string of the molecule is COc1cccc(CNC(=O)c2cc3c(-c4ccncc4)cccn3n2)c1.O=C(O)C(F)(F)F. The first-order valence-corrected chi connectivity index (χ1v) is 9.79. The third kappa shape index (κ3) is 6.09. The lowest BCUT2D eigenvalue weighted by Gasteiger charge is -2.05. The highest BCUT2D eigenvalue weighted by Crippen LogP contribution is 2.24. The van der Waals surface area contributed by atoms with E-state index in [9.17, 15) is 18.0 Å². The number of amides is 1. The molecule has 8 nitrogen and oxygen atoms in total. The molecule has 4 aromatic rings. The molecule has 0 radical (unpaired) electrons. The highest BCUT2D eigenvalue weighted by atomic mass is 19.4. The second kappa shape index (κ2) is 10.5. The number of hydrogen-bond donors (Lipinski definition) is 2. The summed E-state index contributed by atoms with van der Waals surface area (Å²) in [5, 5.41) is 14.4. The van der Waals surface area contributed by atoms with Crippen LogP contribution < -0.4 is 10.1 Å². The molecule has 0 atom stereocenters. The fraction of sp³-hybridized carbons (Fsp3) is 0.130. The van der Waals surface area contributed by atoms with E-state index in [2.05, 4.69) is 15.4 Å². The van der Waals surface area contributed by atoms with Gasteiger partial charge in [-0.2, -0.15) is 18.3 Å². The Balaban J connectivity index is 0.000000406. The zero-order valence-corrected chi connectivity index (χ0v) is 17.8. The Bertz CT molecular complexity index is 1290. The van der Waals surface area contributed by atoms with Gasteiger partial charge in [-0.1, -0.05) is 18.2 Å². The number of aromatic nitrogens is 3. The topological polar surface area (TPSA) is 106 Å². The van der Waals surface area contributed by atoms with E-state index in [0.29, 0.717) is 12.2 Å². The van der Waals surface area contributed by atoms with E-state index in [-0.39, 0.29) is 5.91 Å². The van der Waals surface area contributed by atoms with Crippen molar-refractivity contribution in [3.05, 3.63) is 84.4 Å². The van der Waals surface area contributed by atoms with E-state index in [0.717, 1.165) is 28.0 Å². The summed E-state index contributed by atoms with van der Waals surface area (Å²) in [5.41, 5.74) is 4.23. The Morgan fingerprint density at radius 2 is 1.79 bits per heavy atom. The average Bonchev–Trinajstić information content (AvgIpc) is 3.28.